The monoisotopic (exact) mass is 385 g/mol. The van der Waals surface area contributed by atoms with Crippen LogP contribution in [0.2, 0.25) is 0 Å². The molecular weight excluding hydrogens is 366 g/mol. The Labute approximate surface area is 150 Å². The van der Waals surface area contributed by atoms with Crippen molar-refractivity contribution in [1.29, 1.82) is 0 Å². The van der Waals surface area contributed by atoms with Gasteiger partial charge in [0.05, 0.1) is 0 Å². The zero-order valence-corrected chi connectivity index (χ0v) is 15.0. The summed E-state index contributed by atoms with van der Waals surface area (Å²) in [5, 5.41) is 10.9. The first-order chi connectivity index (χ1) is 11.7. The first kappa shape index (κ1) is 15.7. The first-order valence-electron chi connectivity index (χ1n) is 8.38. The minimum atomic E-state index is 0.355. The fourth-order valence-electron chi connectivity index (χ4n) is 3.69. The molecule has 2 heterocycles. The Kier molecular flexibility index (Phi) is 4.33. The summed E-state index contributed by atoms with van der Waals surface area (Å²) in [7, 11) is 0. The van der Waals surface area contributed by atoms with Gasteiger partial charge in [0.25, 0.3) is 0 Å². The van der Waals surface area contributed by atoms with Crippen LogP contribution in [0, 0.1) is 0 Å². The molecule has 0 bridgehead atoms. The quantitative estimate of drug-likeness (QED) is 0.665. The lowest BCUT2D eigenvalue weighted by Crippen LogP contribution is -2.33. The molecule has 2 aromatic carbocycles. The van der Waals surface area contributed by atoms with E-state index >= 15 is 0 Å². The molecule has 3 aromatic rings. The summed E-state index contributed by atoms with van der Waals surface area (Å²) in [6, 6.07) is 15.9. The summed E-state index contributed by atoms with van der Waals surface area (Å²) in [5.74, 6) is 0.830. The Balaban J connectivity index is 1.55. The smallest absolute Gasteiger partial charge is 0.174 e. The molecule has 124 valence electrons. The van der Waals surface area contributed by atoms with Crippen LogP contribution in [0.5, 0.6) is 5.75 Å². The summed E-state index contributed by atoms with van der Waals surface area (Å²) in [6.45, 7) is 2.99. The minimum Gasteiger partial charge on any atom is -0.508 e. The number of benzene rings is 2. The molecule has 0 radical (unpaired) electrons. The Morgan fingerprint density at radius 1 is 1.17 bits per heavy atom. The molecular formula is C20H20BrNO2. The highest BCUT2D eigenvalue weighted by molar-refractivity contribution is 9.10. The van der Waals surface area contributed by atoms with Crippen LogP contribution in [-0.4, -0.2) is 23.1 Å². The number of hydrogen-bond acceptors (Lipinski definition) is 3. The number of phenolic OH excluding ortho intramolecular Hbond substituents is 1. The number of rotatable bonds is 3. The molecule has 0 amide bonds. The van der Waals surface area contributed by atoms with Crippen molar-refractivity contribution >= 4 is 26.9 Å². The van der Waals surface area contributed by atoms with E-state index < -0.39 is 0 Å². The highest BCUT2D eigenvalue weighted by atomic mass is 79.9. The fourth-order valence-corrected chi connectivity index (χ4v) is 4.20. The highest BCUT2D eigenvalue weighted by Gasteiger charge is 2.23. The van der Waals surface area contributed by atoms with E-state index in [0.717, 1.165) is 29.9 Å². The number of phenols is 1. The van der Waals surface area contributed by atoms with Crippen LogP contribution in [0.15, 0.2) is 57.6 Å². The van der Waals surface area contributed by atoms with Crippen molar-refractivity contribution in [1.82, 2.24) is 4.90 Å². The van der Waals surface area contributed by atoms with Crippen molar-refractivity contribution < 1.29 is 9.52 Å². The van der Waals surface area contributed by atoms with Gasteiger partial charge < -0.3 is 9.52 Å². The molecule has 24 heavy (non-hydrogen) atoms. The third-order valence-electron chi connectivity index (χ3n) is 4.88. The number of nitrogens with zero attached hydrogens (tertiary/aromatic N) is 1. The van der Waals surface area contributed by atoms with Gasteiger partial charge in [0.1, 0.15) is 11.3 Å². The van der Waals surface area contributed by atoms with Gasteiger partial charge in [-0.2, -0.15) is 0 Å². The zero-order chi connectivity index (χ0) is 16.5. The van der Waals surface area contributed by atoms with E-state index in [1.807, 2.05) is 24.3 Å². The number of hydrogen-bond donors (Lipinski definition) is 1. The van der Waals surface area contributed by atoms with Gasteiger partial charge in [-0.3, -0.25) is 4.90 Å². The summed E-state index contributed by atoms with van der Waals surface area (Å²) >= 11 is 3.58. The second kappa shape index (κ2) is 6.61. The van der Waals surface area contributed by atoms with Gasteiger partial charge in [0.2, 0.25) is 0 Å². The zero-order valence-electron chi connectivity index (χ0n) is 13.4. The standard InChI is InChI=1S/C20H20BrNO2/c21-20-18(17-8-1-2-9-19(17)24-20)13-22-10-4-6-15(12-22)14-5-3-7-16(23)11-14/h1-3,5,7-9,11,15,23H,4,6,10,12-13H2. The van der Waals surface area contributed by atoms with Crippen LogP contribution in [0.1, 0.15) is 29.9 Å². The van der Waals surface area contributed by atoms with Crippen LogP contribution in [-0.2, 0) is 6.54 Å². The third-order valence-corrected chi connectivity index (χ3v) is 5.52. The SMILES string of the molecule is Oc1cccc(C2CCCN(Cc3c(Br)oc4ccccc34)C2)c1. The Morgan fingerprint density at radius 3 is 2.92 bits per heavy atom. The Bertz CT molecular complexity index is 858. The number of aromatic hydroxyl groups is 1. The van der Waals surface area contributed by atoms with E-state index in [9.17, 15) is 5.11 Å². The molecule has 1 aromatic heterocycles. The van der Waals surface area contributed by atoms with E-state index in [0.29, 0.717) is 11.7 Å². The number of piperidine rings is 1. The molecule has 4 heteroatoms. The van der Waals surface area contributed by atoms with E-state index in [2.05, 4.69) is 39.0 Å². The lowest BCUT2D eigenvalue weighted by atomic mass is 9.90. The van der Waals surface area contributed by atoms with Gasteiger partial charge in [-0.15, -0.1) is 0 Å². The van der Waals surface area contributed by atoms with Gasteiger partial charge in [-0.25, -0.2) is 0 Å². The largest absolute Gasteiger partial charge is 0.508 e. The molecule has 1 fully saturated rings. The molecule has 1 N–H and O–H groups in total. The predicted molar refractivity (Wildman–Crippen MR) is 99.3 cm³/mol. The third kappa shape index (κ3) is 3.08. The molecule has 1 saturated heterocycles. The summed E-state index contributed by atoms with van der Waals surface area (Å²) < 4.78 is 6.66. The molecule has 0 aliphatic carbocycles. The van der Waals surface area contributed by atoms with Gasteiger partial charge in [-0.05, 0) is 65.0 Å². The van der Waals surface area contributed by atoms with Crippen LogP contribution < -0.4 is 0 Å². The second-order valence-electron chi connectivity index (χ2n) is 6.52. The average molecular weight is 386 g/mol. The molecule has 0 saturated carbocycles. The van der Waals surface area contributed by atoms with Gasteiger partial charge in [0, 0.05) is 24.0 Å². The normalized spacial score (nSPS) is 19.0. The first-order valence-corrected chi connectivity index (χ1v) is 9.17. The summed E-state index contributed by atoms with van der Waals surface area (Å²) in [5.41, 5.74) is 3.39. The van der Waals surface area contributed by atoms with Crippen molar-refractivity contribution in [2.24, 2.45) is 0 Å². The van der Waals surface area contributed by atoms with E-state index in [1.54, 1.807) is 6.07 Å². The predicted octanol–water partition coefficient (Wildman–Crippen LogP) is 5.28. The summed E-state index contributed by atoms with van der Waals surface area (Å²) in [4.78, 5) is 2.49. The second-order valence-corrected chi connectivity index (χ2v) is 7.24. The maximum absolute atomic E-state index is 9.74. The average Bonchev–Trinajstić information content (AvgIpc) is 2.91. The number of likely N-dealkylation sites (tertiary alicyclic amines) is 1. The molecule has 1 aliphatic rings. The number of para-hydroxylation sites is 1. The molecule has 4 rings (SSSR count). The highest BCUT2D eigenvalue weighted by Crippen LogP contribution is 2.34. The number of halogens is 1. The van der Waals surface area contributed by atoms with Crippen molar-refractivity contribution in [3.05, 3.63) is 64.3 Å². The lowest BCUT2D eigenvalue weighted by Gasteiger charge is -2.33. The maximum atomic E-state index is 9.74. The van der Waals surface area contributed by atoms with Gasteiger partial charge in [0.15, 0.2) is 4.67 Å². The topological polar surface area (TPSA) is 36.6 Å². The number of furan rings is 1. The maximum Gasteiger partial charge on any atom is 0.174 e. The molecule has 1 aliphatic heterocycles. The van der Waals surface area contributed by atoms with Crippen molar-refractivity contribution in [2.45, 2.75) is 25.3 Å². The minimum absolute atomic E-state index is 0.355. The molecule has 3 nitrogen and oxygen atoms in total. The van der Waals surface area contributed by atoms with Gasteiger partial charge in [-0.1, -0.05) is 30.3 Å². The van der Waals surface area contributed by atoms with E-state index in [1.165, 1.54) is 29.4 Å². The van der Waals surface area contributed by atoms with Crippen molar-refractivity contribution in [2.75, 3.05) is 13.1 Å². The van der Waals surface area contributed by atoms with Crippen LogP contribution >= 0.6 is 15.9 Å². The van der Waals surface area contributed by atoms with Crippen molar-refractivity contribution in [3.63, 3.8) is 0 Å². The lowest BCUT2D eigenvalue weighted by molar-refractivity contribution is 0.199. The van der Waals surface area contributed by atoms with E-state index in [4.69, 9.17) is 4.42 Å². The van der Waals surface area contributed by atoms with E-state index in [-0.39, 0.29) is 0 Å². The molecule has 1 unspecified atom stereocenters. The van der Waals surface area contributed by atoms with Crippen molar-refractivity contribution in [3.8, 4) is 5.75 Å². The molecule has 1 atom stereocenters. The molecule has 0 spiro atoms. The van der Waals surface area contributed by atoms with Crippen LogP contribution in [0.4, 0.5) is 0 Å². The van der Waals surface area contributed by atoms with Crippen LogP contribution in [0.25, 0.3) is 11.0 Å². The summed E-state index contributed by atoms with van der Waals surface area (Å²) in [6.07, 6.45) is 2.35. The fraction of sp³-hybridized carbons (Fsp3) is 0.300. The number of fused-ring (bicyclic) bond motifs is 1. The van der Waals surface area contributed by atoms with Crippen LogP contribution in [0.3, 0.4) is 0 Å². The Hall–Kier alpha value is -1.78. The Morgan fingerprint density at radius 2 is 2.04 bits per heavy atom. The van der Waals surface area contributed by atoms with Gasteiger partial charge >= 0.3 is 0 Å².